The molecule has 1 aromatic carbocycles. The van der Waals surface area contributed by atoms with Crippen LogP contribution in [0.3, 0.4) is 0 Å². The van der Waals surface area contributed by atoms with E-state index in [1.165, 1.54) is 16.8 Å². The van der Waals surface area contributed by atoms with E-state index in [-0.39, 0.29) is 18.8 Å². The standard InChI is InChI=1S/C17H28N2O2/c1-4-7-18-9-15-5-6-16(8-13(15)2)19-10-14(3)21-17(11-19)12-20/h5-6,8,14,17-18,20H,4,7,9-12H2,1-3H3. The Kier molecular flexibility index (Phi) is 6.03. The second-order valence-corrected chi connectivity index (χ2v) is 5.94. The van der Waals surface area contributed by atoms with E-state index in [0.717, 1.165) is 32.6 Å². The molecule has 4 nitrogen and oxygen atoms in total. The molecule has 0 bridgehead atoms. The first-order valence-electron chi connectivity index (χ1n) is 7.95. The highest BCUT2D eigenvalue weighted by atomic mass is 16.5. The van der Waals surface area contributed by atoms with Crippen molar-refractivity contribution < 1.29 is 9.84 Å². The van der Waals surface area contributed by atoms with Crippen LogP contribution in [0.1, 0.15) is 31.4 Å². The number of benzene rings is 1. The number of aryl methyl sites for hydroxylation is 1. The van der Waals surface area contributed by atoms with Crippen LogP contribution in [-0.2, 0) is 11.3 Å². The summed E-state index contributed by atoms with van der Waals surface area (Å²) in [4.78, 5) is 2.31. The van der Waals surface area contributed by atoms with Crippen molar-refractivity contribution in [1.82, 2.24) is 5.32 Å². The van der Waals surface area contributed by atoms with Gasteiger partial charge in [-0.3, -0.25) is 0 Å². The number of rotatable bonds is 6. The summed E-state index contributed by atoms with van der Waals surface area (Å²) < 4.78 is 5.70. The number of anilines is 1. The van der Waals surface area contributed by atoms with Gasteiger partial charge in [0.15, 0.2) is 0 Å². The number of aliphatic hydroxyl groups is 1. The Bertz CT molecular complexity index is 450. The first-order chi connectivity index (χ1) is 10.1. The Morgan fingerprint density at radius 3 is 2.86 bits per heavy atom. The molecular formula is C17H28N2O2. The van der Waals surface area contributed by atoms with Gasteiger partial charge in [0.1, 0.15) is 0 Å². The second kappa shape index (κ2) is 7.78. The molecule has 0 saturated carbocycles. The maximum atomic E-state index is 9.33. The number of nitrogens with zero attached hydrogens (tertiary/aromatic N) is 1. The largest absolute Gasteiger partial charge is 0.394 e. The van der Waals surface area contributed by atoms with Crippen molar-refractivity contribution in [1.29, 1.82) is 0 Å². The van der Waals surface area contributed by atoms with Crippen LogP contribution in [0.25, 0.3) is 0 Å². The van der Waals surface area contributed by atoms with Gasteiger partial charge in [0.05, 0.1) is 18.8 Å². The third-order valence-electron chi connectivity index (χ3n) is 3.96. The molecule has 0 aliphatic carbocycles. The van der Waals surface area contributed by atoms with E-state index in [2.05, 4.69) is 49.2 Å². The van der Waals surface area contributed by atoms with Gasteiger partial charge in [-0.1, -0.05) is 13.0 Å². The first kappa shape index (κ1) is 16.3. The normalized spacial score (nSPS) is 22.6. The molecule has 1 fully saturated rings. The number of hydrogen-bond donors (Lipinski definition) is 2. The minimum atomic E-state index is -0.0834. The zero-order valence-corrected chi connectivity index (χ0v) is 13.4. The lowest BCUT2D eigenvalue weighted by Crippen LogP contribution is -2.48. The van der Waals surface area contributed by atoms with Gasteiger partial charge in [0.25, 0.3) is 0 Å². The summed E-state index contributed by atoms with van der Waals surface area (Å²) in [6, 6.07) is 6.64. The molecule has 0 aromatic heterocycles. The number of nitrogens with one attached hydrogen (secondary N) is 1. The van der Waals surface area contributed by atoms with Crippen molar-refractivity contribution in [3.05, 3.63) is 29.3 Å². The summed E-state index contributed by atoms with van der Waals surface area (Å²) in [5.41, 5.74) is 3.89. The van der Waals surface area contributed by atoms with Gasteiger partial charge in [-0.25, -0.2) is 0 Å². The predicted molar refractivity (Wildman–Crippen MR) is 86.8 cm³/mol. The maximum absolute atomic E-state index is 9.33. The van der Waals surface area contributed by atoms with Crippen molar-refractivity contribution in [2.75, 3.05) is 31.1 Å². The lowest BCUT2D eigenvalue weighted by molar-refractivity contribution is -0.0421. The molecule has 21 heavy (non-hydrogen) atoms. The molecule has 0 spiro atoms. The zero-order chi connectivity index (χ0) is 15.2. The average Bonchev–Trinajstić information content (AvgIpc) is 2.48. The SMILES string of the molecule is CCCNCc1ccc(N2CC(C)OC(CO)C2)cc1C. The van der Waals surface area contributed by atoms with Gasteiger partial charge in [0, 0.05) is 25.3 Å². The smallest absolute Gasteiger partial charge is 0.0984 e. The highest BCUT2D eigenvalue weighted by molar-refractivity contribution is 5.51. The Morgan fingerprint density at radius 1 is 1.38 bits per heavy atom. The third-order valence-corrected chi connectivity index (χ3v) is 3.96. The van der Waals surface area contributed by atoms with E-state index in [0.29, 0.717) is 0 Å². The van der Waals surface area contributed by atoms with Crippen LogP contribution in [-0.4, -0.2) is 43.6 Å². The van der Waals surface area contributed by atoms with Gasteiger partial charge in [-0.2, -0.15) is 0 Å². The van der Waals surface area contributed by atoms with Crippen LogP contribution in [0.15, 0.2) is 18.2 Å². The van der Waals surface area contributed by atoms with Crippen molar-refractivity contribution in [2.45, 2.75) is 45.9 Å². The van der Waals surface area contributed by atoms with E-state index >= 15 is 0 Å². The molecule has 4 heteroatoms. The maximum Gasteiger partial charge on any atom is 0.0984 e. The first-order valence-corrected chi connectivity index (χ1v) is 7.95. The fourth-order valence-electron chi connectivity index (χ4n) is 2.83. The van der Waals surface area contributed by atoms with Gasteiger partial charge >= 0.3 is 0 Å². The molecule has 1 aliphatic rings. The minimum Gasteiger partial charge on any atom is -0.394 e. The van der Waals surface area contributed by atoms with E-state index in [1.807, 2.05) is 0 Å². The topological polar surface area (TPSA) is 44.7 Å². The van der Waals surface area contributed by atoms with E-state index in [1.54, 1.807) is 0 Å². The molecule has 2 N–H and O–H groups in total. The van der Waals surface area contributed by atoms with Crippen LogP contribution in [0.4, 0.5) is 5.69 Å². The highest BCUT2D eigenvalue weighted by Gasteiger charge is 2.25. The lowest BCUT2D eigenvalue weighted by Gasteiger charge is -2.37. The Balaban J connectivity index is 2.04. The monoisotopic (exact) mass is 292 g/mol. The molecular weight excluding hydrogens is 264 g/mol. The second-order valence-electron chi connectivity index (χ2n) is 5.94. The summed E-state index contributed by atoms with van der Waals surface area (Å²) in [5, 5.41) is 12.8. The van der Waals surface area contributed by atoms with Crippen LogP contribution in [0.5, 0.6) is 0 Å². The minimum absolute atomic E-state index is 0.0822. The number of ether oxygens (including phenoxy) is 1. The van der Waals surface area contributed by atoms with Crippen LogP contribution in [0.2, 0.25) is 0 Å². The molecule has 118 valence electrons. The average molecular weight is 292 g/mol. The Morgan fingerprint density at radius 2 is 2.19 bits per heavy atom. The number of aliphatic hydroxyl groups excluding tert-OH is 1. The zero-order valence-electron chi connectivity index (χ0n) is 13.4. The molecule has 1 saturated heterocycles. The van der Waals surface area contributed by atoms with Gasteiger partial charge in [-0.15, -0.1) is 0 Å². The quantitative estimate of drug-likeness (QED) is 0.788. The molecule has 1 aromatic rings. The number of hydrogen-bond acceptors (Lipinski definition) is 4. The summed E-state index contributed by atoms with van der Waals surface area (Å²) in [6.07, 6.45) is 1.23. The predicted octanol–water partition coefficient (Wildman–Crippen LogP) is 2.08. The van der Waals surface area contributed by atoms with Gasteiger partial charge in [0.2, 0.25) is 0 Å². The fraction of sp³-hybridized carbons (Fsp3) is 0.647. The van der Waals surface area contributed by atoms with Crippen molar-refractivity contribution in [3.63, 3.8) is 0 Å². The third kappa shape index (κ3) is 4.43. The summed E-state index contributed by atoms with van der Waals surface area (Å²) in [7, 11) is 0. The van der Waals surface area contributed by atoms with Crippen molar-refractivity contribution in [2.24, 2.45) is 0 Å². The van der Waals surface area contributed by atoms with E-state index in [4.69, 9.17) is 4.74 Å². The molecule has 2 rings (SSSR count). The molecule has 2 unspecified atom stereocenters. The van der Waals surface area contributed by atoms with Crippen LogP contribution in [0, 0.1) is 6.92 Å². The Labute approximate surface area is 128 Å². The summed E-state index contributed by atoms with van der Waals surface area (Å²) in [6.45, 7) is 10.1. The highest BCUT2D eigenvalue weighted by Crippen LogP contribution is 2.23. The lowest BCUT2D eigenvalue weighted by atomic mass is 10.1. The molecule has 0 radical (unpaired) electrons. The van der Waals surface area contributed by atoms with Gasteiger partial charge in [-0.05, 0) is 50.1 Å². The van der Waals surface area contributed by atoms with Crippen molar-refractivity contribution in [3.8, 4) is 0 Å². The molecule has 0 amide bonds. The molecule has 2 atom stereocenters. The molecule has 1 aliphatic heterocycles. The summed E-state index contributed by atoms with van der Waals surface area (Å²) >= 11 is 0. The van der Waals surface area contributed by atoms with Crippen molar-refractivity contribution >= 4 is 5.69 Å². The summed E-state index contributed by atoms with van der Waals surface area (Å²) in [5.74, 6) is 0. The van der Waals surface area contributed by atoms with Crippen LogP contribution >= 0.6 is 0 Å². The van der Waals surface area contributed by atoms with Gasteiger partial charge < -0.3 is 20.1 Å². The molecule has 1 heterocycles. The number of morpholine rings is 1. The fourth-order valence-corrected chi connectivity index (χ4v) is 2.83. The Hall–Kier alpha value is -1.10. The van der Waals surface area contributed by atoms with E-state index < -0.39 is 0 Å². The van der Waals surface area contributed by atoms with Crippen LogP contribution < -0.4 is 10.2 Å². The van der Waals surface area contributed by atoms with E-state index in [9.17, 15) is 5.11 Å².